The number of nitrogens with two attached hydrogens (primary N) is 1. The van der Waals surface area contributed by atoms with Crippen LogP contribution >= 0.6 is 0 Å². The maximum atomic E-state index is 11.4. The number of hydrogen-bond donors (Lipinski definition) is 1. The Morgan fingerprint density at radius 3 is 3.07 bits per heavy atom. The molecule has 0 fully saturated rings. The van der Waals surface area contributed by atoms with Crippen molar-refractivity contribution >= 4 is 11.6 Å². The Morgan fingerprint density at radius 1 is 1.60 bits per heavy atom. The number of carbonyl (C=O) groups is 1. The lowest BCUT2D eigenvalue weighted by molar-refractivity contribution is 0.0602. The third kappa shape index (κ3) is 1.44. The zero-order valence-corrected chi connectivity index (χ0v) is 8.17. The second-order valence-corrected chi connectivity index (χ2v) is 2.93. The SMILES string of the molecule is COC(=O)c1cccn2c(CN)nnc12. The summed E-state index contributed by atoms with van der Waals surface area (Å²) < 4.78 is 6.31. The van der Waals surface area contributed by atoms with E-state index in [0.717, 1.165) is 0 Å². The van der Waals surface area contributed by atoms with Crippen LogP contribution < -0.4 is 5.73 Å². The Hall–Kier alpha value is -1.95. The first-order valence-electron chi connectivity index (χ1n) is 4.39. The summed E-state index contributed by atoms with van der Waals surface area (Å²) in [5, 5.41) is 7.76. The quantitative estimate of drug-likeness (QED) is 0.698. The molecule has 0 saturated carbocycles. The van der Waals surface area contributed by atoms with Crippen molar-refractivity contribution in [2.24, 2.45) is 5.73 Å². The predicted molar refractivity (Wildman–Crippen MR) is 52.2 cm³/mol. The molecule has 15 heavy (non-hydrogen) atoms. The number of hydrogen-bond acceptors (Lipinski definition) is 5. The molecule has 0 bridgehead atoms. The van der Waals surface area contributed by atoms with Gasteiger partial charge in [0.15, 0.2) is 11.5 Å². The fraction of sp³-hybridized carbons (Fsp3) is 0.222. The maximum absolute atomic E-state index is 11.4. The molecule has 0 unspecified atom stereocenters. The minimum atomic E-state index is -0.434. The van der Waals surface area contributed by atoms with Crippen molar-refractivity contribution in [2.45, 2.75) is 6.54 Å². The van der Waals surface area contributed by atoms with Gasteiger partial charge in [-0.1, -0.05) is 0 Å². The van der Waals surface area contributed by atoms with Crippen LogP contribution in [0, 0.1) is 0 Å². The van der Waals surface area contributed by atoms with Crippen LogP contribution in [0.4, 0.5) is 0 Å². The van der Waals surface area contributed by atoms with Crippen molar-refractivity contribution < 1.29 is 9.53 Å². The summed E-state index contributed by atoms with van der Waals surface area (Å²) in [5.41, 5.74) is 6.32. The normalized spacial score (nSPS) is 10.5. The summed E-state index contributed by atoms with van der Waals surface area (Å²) in [7, 11) is 1.33. The van der Waals surface area contributed by atoms with Gasteiger partial charge in [-0.3, -0.25) is 4.40 Å². The molecule has 2 N–H and O–H groups in total. The second kappa shape index (κ2) is 3.66. The highest BCUT2D eigenvalue weighted by Gasteiger charge is 2.13. The zero-order valence-electron chi connectivity index (χ0n) is 8.17. The van der Waals surface area contributed by atoms with Crippen LogP contribution in [-0.2, 0) is 11.3 Å². The highest BCUT2D eigenvalue weighted by Crippen LogP contribution is 2.10. The van der Waals surface area contributed by atoms with Crippen molar-refractivity contribution in [2.75, 3.05) is 7.11 Å². The van der Waals surface area contributed by atoms with Crippen LogP contribution in [0.5, 0.6) is 0 Å². The van der Waals surface area contributed by atoms with Gasteiger partial charge in [-0.15, -0.1) is 10.2 Å². The average molecular weight is 206 g/mol. The Bertz CT molecular complexity index is 506. The monoisotopic (exact) mass is 206 g/mol. The summed E-state index contributed by atoms with van der Waals surface area (Å²) in [5.74, 6) is 0.173. The topological polar surface area (TPSA) is 82.5 Å². The number of pyridine rings is 1. The van der Waals surface area contributed by atoms with Gasteiger partial charge in [-0.25, -0.2) is 4.79 Å². The van der Waals surface area contributed by atoms with Gasteiger partial charge in [0, 0.05) is 6.20 Å². The molecule has 0 aliphatic carbocycles. The zero-order chi connectivity index (χ0) is 10.8. The van der Waals surface area contributed by atoms with E-state index in [1.807, 2.05) is 0 Å². The van der Waals surface area contributed by atoms with Crippen LogP contribution in [0.25, 0.3) is 5.65 Å². The number of methoxy groups -OCH3 is 1. The van der Waals surface area contributed by atoms with Crippen LogP contribution in [0.15, 0.2) is 18.3 Å². The van der Waals surface area contributed by atoms with Crippen molar-refractivity contribution in [3.8, 4) is 0 Å². The Balaban J connectivity index is 2.67. The summed E-state index contributed by atoms with van der Waals surface area (Å²) in [6.45, 7) is 0.270. The first kappa shape index (κ1) is 9.60. The molecule has 2 aromatic rings. The van der Waals surface area contributed by atoms with Crippen LogP contribution in [0.3, 0.4) is 0 Å². The van der Waals surface area contributed by atoms with E-state index in [1.54, 1.807) is 22.7 Å². The lowest BCUT2D eigenvalue weighted by Gasteiger charge is -2.01. The van der Waals surface area contributed by atoms with Gasteiger partial charge in [0.2, 0.25) is 0 Å². The van der Waals surface area contributed by atoms with E-state index in [2.05, 4.69) is 14.9 Å². The summed E-state index contributed by atoms with van der Waals surface area (Å²) in [6, 6.07) is 3.36. The smallest absolute Gasteiger partial charge is 0.341 e. The molecule has 0 atom stereocenters. The Kier molecular flexibility index (Phi) is 2.34. The van der Waals surface area contributed by atoms with Gasteiger partial charge in [-0.05, 0) is 12.1 Å². The molecule has 0 aliphatic rings. The van der Waals surface area contributed by atoms with Gasteiger partial charge in [0.1, 0.15) is 5.56 Å². The lowest BCUT2D eigenvalue weighted by atomic mass is 10.3. The molecule has 0 radical (unpaired) electrons. The summed E-state index contributed by atoms with van der Waals surface area (Å²) >= 11 is 0. The van der Waals surface area contributed by atoms with Crippen molar-refractivity contribution in [3.63, 3.8) is 0 Å². The Morgan fingerprint density at radius 2 is 2.40 bits per heavy atom. The predicted octanol–water partition coefficient (Wildman–Crippen LogP) is -0.0254. The fourth-order valence-corrected chi connectivity index (χ4v) is 1.37. The molecule has 0 amide bonds. The standard InChI is InChI=1S/C9H10N4O2/c1-15-9(14)6-3-2-4-13-7(5-10)11-12-8(6)13/h2-4H,5,10H2,1H3. The van der Waals surface area contributed by atoms with E-state index in [1.165, 1.54) is 7.11 Å². The lowest BCUT2D eigenvalue weighted by Crippen LogP contribution is -2.06. The number of aromatic nitrogens is 3. The molecule has 0 aromatic carbocycles. The highest BCUT2D eigenvalue weighted by molar-refractivity contribution is 5.95. The first-order chi connectivity index (χ1) is 7.27. The molecule has 6 nitrogen and oxygen atoms in total. The first-order valence-corrected chi connectivity index (χ1v) is 4.39. The molecule has 78 valence electrons. The minimum Gasteiger partial charge on any atom is -0.465 e. The molecule has 2 rings (SSSR count). The van der Waals surface area contributed by atoms with Crippen molar-refractivity contribution in [3.05, 3.63) is 29.7 Å². The van der Waals surface area contributed by atoms with E-state index < -0.39 is 5.97 Å². The Labute approximate surface area is 85.7 Å². The molecule has 2 aromatic heterocycles. The molecule has 6 heteroatoms. The molecule has 0 saturated heterocycles. The van der Waals surface area contributed by atoms with E-state index in [9.17, 15) is 4.79 Å². The van der Waals surface area contributed by atoms with E-state index in [4.69, 9.17) is 5.73 Å². The number of carbonyl (C=O) groups excluding carboxylic acids is 1. The second-order valence-electron chi connectivity index (χ2n) is 2.93. The van der Waals surface area contributed by atoms with Crippen LogP contribution in [0.2, 0.25) is 0 Å². The number of ether oxygens (including phenoxy) is 1. The maximum Gasteiger partial charge on any atom is 0.341 e. The van der Waals surface area contributed by atoms with Crippen molar-refractivity contribution in [1.82, 2.24) is 14.6 Å². The number of rotatable bonds is 2. The van der Waals surface area contributed by atoms with Gasteiger partial charge >= 0.3 is 5.97 Å². The minimum absolute atomic E-state index is 0.270. The van der Waals surface area contributed by atoms with Crippen LogP contribution in [0.1, 0.15) is 16.2 Å². The van der Waals surface area contributed by atoms with Gasteiger partial charge in [0.25, 0.3) is 0 Å². The number of esters is 1. The van der Waals surface area contributed by atoms with Gasteiger partial charge < -0.3 is 10.5 Å². The highest BCUT2D eigenvalue weighted by atomic mass is 16.5. The van der Waals surface area contributed by atoms with E-state index in [-0.39, 0.29) is 6.54 Å². The molecular formula is C9H10N4O2. The van der Waals surface area contributed by atoms with Crippen LogP contribution in [-0.4, -0.2) is 27.7 Å². The average Bonchev–Trinajstić information content (AvgIpc) is 2.70. The number of fused-ring (bicyclic) bond motifs is 1. The summed E-state index contributed by atoms with van der Waals surface area (Å²) in [6.07, 6.45) is 1.75. The molecule has 0 aliphatic heterocycles. The summed E-state index contributed by atoms with van der Waals surface area (Å²) in [4.78, 5) is 11.4. The van der Waals surface area contributed by atoms with Crippen molar-refractivity contribution in [1.29, 1.82) is 0 Å². The van der Waals surface area contributed by atoms with Gasteiger partial charge in [0.05, 0.1) is 13.7 Å². The van der Waals surface area contributed by atoms with E-state index in [0.29, 0.717) is 17.0 Å². The molecule has 0 spiro atoms. The fourth-order valence-electron chi connectivity index (χ4n) is 1.37. The number of nitrogens with zero attached hydrogens (tertiary/aromatic N) is 3. The van der Waals surface area contributed by atoms with E-state index >= 15 is 0 Å². The molecule has 2 heterocycles. The molecular weight excluding hydrogens is 196 g/mol. The largest absolute Gasteiger partial charge is 0.465 e. The third-order valence-corrected chi connectivity index (χ3v) is 2.09. The van der Waals surface area contributed by atoms with Gasteiger partial charge in [-0.2, -0.15) is 0 Å². The third-order valence-electron chi connectivity index (χ3n) is 2.09.